The predicted octanol–water partition coefficient (Wildman–Crippen LogP) is 2.25. The van der Waals surface area contributed by atoms with Crippen LogP contribution in [0.2, 0.25) is 0 Å². The molecule has 2 aliphatic rings. The first kappa shape index (κ1) is 16.8. The molecule has 0 radical (unpaired) electrons. The molecular weight excluding hydrogens is 330 g/mol. The zero-order chi connectivity index (χ0) is 17.8. The van der Waals surface area contributed by atoms with Crippen LogP contribution < -0.4 is 14.8 Å². The number of benzene rings is 1. The molecule has 0 bridgehead atoms. The van der Waals surface area contributed by atoms with E-state index < -0.39 is 0 Å². The van der Waals surface area contributed by atoms with Crippen molar-refractivity contribution in [1.29, 1.82) is 0 Å². The molecule has 4 rings (SSSR count). The zero-order valence-corrected chi connectivity index (χ0v) is 14.7. The minimum Gasteiger partial charge on any atom is -0.486 e. The van der Waals surface area contributed by atoms with Gasteiger partial charge in [0.1, 0.15) is 13.2 Å². The molecule has 3 heterocycles. The first-order chi connectivity index (χ1) is 12.8. The van der Waals surface area contributed by atoms with Gasteiger partial charge in [-0.2, -0.15) is 0 Å². The van der Waals surface area contributed by atoms with Crippen molar-refractivity contribution in [3.63, 3.8) is 0 Å². The van der Waals surface area contributed by atoms with E-state index in [1.54, 1.807) is 18.2 Å². The second-order valence-electron chi connectivity index (χ2n) is 6.73. The lowest BCUT2D eigenvalue weighted by molar-refractivity contribution is 0.0899. The minimum absolute atomic E-state index is 0.0633. The Kier molecular flexibility index (Phi) is 5.02. The molecule has 0 saturated carbocycles. The molecular formula is C20H23N3O3. The molecule has 0 aliphatic carbocycles. The van der Waals surface area contributed by atoms with Crippen LogP contribution >= 0.6 is 0 Å². The highest BCUT2D eigenvalue weighted by Crippen LogP contribution is 2.30. The van der Waals surface area contributed by atoms with E-state index in [2.05, 4.69) is 15.2 Å². The SMILES string of the molecule is O=C(NC1CCCN(Cc2ccccn2)C1)c1ccc2c(c1)OCCO2. The second kappa shape index (κ2) is 7.74. The molecule has 1 atom stereocenters. The average Bonchev–Trinajstić information content (AvgIpc) is 2.68. The Morgan fingerprint density at radius 3 is 2.92 bits per heavy atom. The van der Waals surface area contributed by atoms with Gasteiger partial charge in [-0.05, 0) is 49.7 Å². The molecule has 1 saturated heterocycles. The highest BCUT2D eigenvalue weighted by Gasteiger charge is 2.23. The van der Waals surface area contributed by atoms with Gasteiger partial charge in [-0.1, -0.05) is 6.07 Å². The Morgan fingerprint density at radius 1 is 1.19 bits per heavy atom. The highest BCUT2D eigenvalue weighted by molar-refractivity contribution is 5.95. The van der Waals surface area contributed by atoms with Crippen LogP contribution in [0.1, 0.15) is 28.9 Å². The molecule has 1 N–H and O–H groups in total. The van der Waals surface area contributed by atoms with E-state index in [0.29, 0.717) is 30.3 Å². The van der Waals surface area contributed by atoms with Crippen molar-refractivity contribution in [2.45, 2.75) is 25.4 Å². The number of piperidine rings is 1. The van der Waals surface area contributed by atoms with Crippen molar-refractivity contribution < 1.29 is 14.3 Å². The van der Waals surface area contributed by atoms with Gasteiger partial charge in [-0.3, -0.25) is 14.7 Å². The number of ether oxygens (including phenoxy) is 2. The maximum Gasteiger partial charge on any atom is 0.251 e. The van der Waals surface area contributed by atoms with Gasteiger partial charge in [0.05, 0.1) is 5.69 Å². The number of aromatic nitrogens is 1. The molecule has 1 aromatic carbocycles. The molecule has 6 heteroatoms. The van der Waals surface area contributed by atoms with Crippen LogP contribution in [0.15, 0.2) is 42.6 Å². The zero-order valence-electron chi connectivity index (χ0n) is 14.7. The number of hydrogen-bond donors (Lipinski definition) is 1. The number of nitrogens with one attached hydrogen (secondary N) is 1. The molecule has 2 aromatic rings. The second-order valence-corrected chi connectivity index (χ2v) is 6.73. The molecule has 1 amide bonds. The van der Waals surface area contributed by atoms with Crippen molar-refractivity contribution in [3.8, 4) is 11.5 Å². The maximum absolute atomic E-state index is 12.6. The smallest absolute Gasteiger partial charge is 0.251 e. The number of fused-ring (bicyclic) bond motifs is 1. The summed E-state index contributed by atoms with van der Waals surface area (Å²) in [7, 11) is 0. The lowest BCUT2D eigenvalue weighted by atomic mass is 10.0. The van der Waals surface area contributed by atoms with Gasteiger partial charge in [0, 0.05) is 30.9 Å². The van der Waals surface area contributed by atoms with Gasteiger partial charge in [0.15, 0.2) is 11.5 Å². The summed E-state index contributed by atoms with van der Waals surface area (Å²) in [4.78, 5) is 19.4. The minimum atomic E-state index is -0.0633. The molecule has 6 nitrogen and oxygen atoms in total. The number of pyridine rings is 1. The van der Waals surface area contributed by atoms with Crippen molar-refractivity contribution in [2.75, 3.05) is 26.3 Å². The highest BCUT2D eigenvalue weighted by atomic mass is 16.6. The van der Waals surface area contributed by atoms with E-state index in [4.69, 9.17) is 9.47 Å². The Bertz CT molecular complexity index is 766. The number of nitrogens with zero attached hydrogens (tertiary/aromatic N) is 2. The third-order valence-electron chi connectivity index (χ3n) is 4.76. The van der Waals surface area contributed by atoms with Gasteiger partial charge in [-0.25, -0.2) is 0 Å². The van der Waals surface area contributed by atoms with E-state index in [9.17, 15) is 4.79 Å². The molecule has 1 aromatic heterocycles. The van der Waals surface area contributed by atoms with Crippen molar-refractivity contribution >= 4 is 5.91 Å². The van der Waals surface area contributed by atoms with Gasteiger partial charge >= 0.3 is 0 Å². The van der Waals surface area contributed by atoms with Crippen LogP contribution in [0, 0.1) is 0 Å². The summed E-state index contributed by atoms with van der Waals surface area (Å²) in [5, 5.41) is 3.16. The third-order valence-corrected chi connectivity index (χ3v) is 4.76. The van der Waals surface area contributed by atoms with Crippen molar-refractivity contribution in [1.82, 2.24) is 15.2 Å². The first-order valence-corrected chi connectivity index (χ1v) is 9.11. The monoisotopic (exact) mass is 353 g/mol. The van der Waals surface area contributed by atoms with Crippen molar-refractivity contribution in [2.24, 2.45) is 0 Å². The number of likely N-dealkylation sites (tertiary alicyclic amines) is 1. The lowest BCUT2D eigenvalue weighted by Crippen LogP contribution is -2.47. The summed E-state index contributed by atoms with van der Waals surface area (Å²) < 4.78 is 11.1. The summed E-state index contributed by atoms with van der Waals surface area (Å²) in [5.74, 6) is 1.28. The van der Waals surface area contributed by atoms with E-state index in [-0.39, 0.29) is 11.9 Å². The van der Waals surface area contributed by atoms with Crippen LogP contribution in [-0.2, 0) is 6.54 Å². The van der Waals surface area contributed by atoms with Gasteiger partial charge < -0.3 is 14.8 Å². The van der Waals surface area contributed by atoms with E-state index >= 15 is 0 Å². The lowest BCUT2D eigenvalue weighted by Gasteiger charge is -2.33. The molecule has 2 aliphatic heterocycles. The Labute approximate surface area is 153 Å². The number of rotatable bonds is 4. The topological polar surface area (TPSA) is 63.7 Å². The molecule has 1 fully saturated rings. The van der Waals surface area contributed by atoms with Crippen LogP contribution in [0.25, 0.3) is 0 Å². The van der Waals surface area contributed by atoms with Gasteiger partial charge in [-0.15, -0.1) is 0 Å². The Balaban J connectivity index is 1.36. The normalized spacial score (nSPS) is 19.8. The number of amides is 1. The molecule has 26 heavy (non-hydrogen) atoms. The van der Waals surface area contributed by atoms with E-state index in [0.717, 1.165) is 38.2 Å². The summed E-state index contributed by atoms with van der Waals surface area (Å²) in [6.07, 6.45) is 3.88. The fraction of sp³-hybridized carbons (Fsp3) is 0.400. The molecule has 0 spiro atoms. The fourth-order valence-electron chi connectivity index (χ4n) is 3.49. The summed E-state index contributed by atoms with van der Waals surface area (Å²) in [6, 6.07) is 11.5. The quantitative estimate of drug-likeness (QED) is 0.913. The van der Waals surface area contributed by atoms with Crippen LogP contribution in [0.5, 0.6) is 11.5 Å². The van der Waals surface area contributed by atoms with E-state index in [1.165, 1.54) is 0 Å². The van der Waals surface area contributed by atoms with Crippen LogP contribution in [0.4, 0.5) is 0 Å². The molecule has 136 valence electrons. The predicted molar refractivity (Wildman–Crippen MR) is 97.4 cm³/mol. The van der Waals surface area contributed by atoms with E-state index in [1.807, 2.05) is 24.4 Å². The fourth-order valence-corrected chi connectivity index (χ4v) is 3.49. The summed E-state index contributed by atoms with van der Waals surface area (Å²) in [6.45, 7) is 3.76. The van der Waals surface area contributed by atoms with Crippen LogP contribution in [-0.4, -0.2) is 48.1 Å². The summed E-state index contributed by atoms with van der Waals surface area (Å²) >= 11 is 0. The number of hydrogen-bond acceptors (Lipinski definition) is 5. The average molecular weight is 353 g/mol. The number of carbonyl (C=O) groups excluding carboxylic acids is 1. The Morgan fingerprint density at radius 2 is 2.08 bits per heavy atom. The Hall–Kier alpha value is -2.60. The van der Waals surface area contributed by atoms with Gasteiger partial charge in [0.25, 0.3) is 5.91 Å². The number of carbonyl (C=O) groups is 1. The maximum atomic E-state index is 12.6. The summed E-state index contributed by atoms with van der Waals surface area (Å²) in [5.41, 5.74) is 1.67. The molecule has 1 unspecified atom stereocenters. The van der Waals surface area contributed by atoms with Gasteiger partial charge in [0.2, 0.25) is 0 Å². The standard InChI is InChI=1S/C20H23N3O3/c24-20(15-6-7-18-19(12-15)26-11-10-25-18)22-17-5-3-9-23(14-17)13-16-4-1-2-8-21-16/h1-2,4,6-8,12,17H,3,5,9-11,13-14H2,(H,22,24). The first-order valence-electron chi connectivity index (χ1n) is 9.11. The van der Waals surface area contributed by atoms with Crippen molar-refractivity contribution in [3.05, 3.63) is 53.9 Å². The van der Waals surface area contributed by atoms with Crippen LogP contribution in [0.3, 0.4) is 0 Å². The largest absolute Gasteiger partial charge is 0.486 e. The third kappa shape index (κ3) is 3.96.